The van der Waals surface area contributed by atoms with Crippen LogP contribution >= 0.6 is 0 Å². The smallest absolute Gasteiger partial charge is 0.251 e. The van der Waals surface area contributed by atoms with Gasteiger partial charge in [-0.15, -0.1) is 0 Å². The molecule has 0 aliphatic carbocycles. The van der Waals surface area contributed by atoms with Crippen LogP contribution in [0.4, 0.5) is 0 Å². The van der Waals surface area contributed by atoms with Crippen LogP contribution in [0, 0.1) is 11.8 Å². The average Bonchev–Trinajstić information content (AvgIpc) is 2.57. The molecular formula is C11H10N2O. The van der Waals surface area contributed by atoms with Crippen LogP contribution in [-0.2, 0) is 6.54 Å². The van der Waals surface area contributed by atoms with Crippen molar-refractivity contribution in [2.45, 2.75) is 6.54 Å². The molecule has 3 N–H and O–H groups in total. The van der Waals surface area contributed by atoms with Crippen LogP contribution in [0.3, 0.4) is 0 Å². The number of carbonyl (C=O) groups is 1. The molecule has 1 amide bonds. The molecule has 0 aromatic heterocycles. The molecule has 0 spiro atoms. The van der Waals surface area contributed by atoms with Gasteiger partial charge >= 0.3 is 0 Å². The monoisotopic (exact) mass is 186 g/mol. The van der Waals surface area contributed by atoms with Gasteiger partial charge in [-0.3, -0.25) is 4.79 Å². The van der Waals surface area contributed by atoms with E-state index in [0.29, 0.717) is 13.1 Å². The number of hydrogen-bond donors (Lipinski definition) is 2. The Morgan fingerprint density at radius 2 is 2.36 bits per heavy atom. The highest BCUT2D eigenvalue weighted by Gasteiger charge is 2.17. The Labute approximate surface area is 82.3 Å². The topological polar surface area (TPSA) is 55.1 Å². The van der Waals surface area contributed by atoms with Crippen LogP contribution < -0.4 is 11.1 Å². The van der Waals surface area contributed by atoms with Gasteiger partial charge in [0.05, 0.1) is 6.54 Å². The molecule has 1 aromatic carbocycles. The maximum atomic E-state index is 11.3. The zero-order valence-corrected chi connectivity index (χ0v) is 7.63. The summed E-state index contributed by atoms with van der Waals surface area (Å²) in [4.78, 5) is 11.3. The second-order valence-electron chi connectivity index (χ2n) is 3.06. The number of nitrogens with two attached hydrogens (primary N) is 1. The Hall–Kier alpha value is -1.79. The molecule has 70 valence electrons. The minimum atomic E-state index is -0.0172. The molecule has 0 saturated heterocycles. The number of fused-ring (bicyclic) bond motifs is 1. The first-order valence-corrected chi connectivity index (χ1v) is 4.41. The number of carbonyl (C=O) groups excluding carboxylic acids is 1. The lowest BCUT2D eigenvalue weighted by molar-refractivity contribution is 0.0965. The number of benzene rings is 1. The van der Waals surface area contributed by atoms with E-state index in [-0.39, 0.29) is 5.91 Å². The minimum absolute atomic E-state index is 0.0172. The highest BCUT2D eigenvalue weighted by molar-refractivity contribution is 5.98. The molecule has 0 saturated carbocycles. The SMILES string of the molecule is NCC#Cc1ccc2c(c1)C(=O)NC2. The van der Waals surface area contributed by atoms with Crippen LogP contribution in [-0.4, -0.2) is 12.5 Å². The lowest BCUT2D eigenvalue weighted by Crippen LogP contribution is -2.12. The first-order chi connectivity index (χ1) is 6.81. The summed E-state index contributed by atoms with van der Waals surface area (Å²) in [6.07, 6.45) is 0. The fraction of sp³-hybridized carbons (Fsp3) is 0.182. The molecule has 0 unspecified atom stereocenters. The van der Waals surface area contributed by atoms with Gasteiger partial charge in [0.2, 0.25) is 0 Å². The number of amides is 1. The lowest BCUT2D eigenvalue weighted by atomic mass is 10.1. The van der Waals surface area contributed by atoms with Crippen molar-refractivity contribution in [3.63, 3.8) is 0 Å². The van der Waals surface area contributed by atoms with Gasteiger partial charge in [0.15, 0.2) is 0 Å². The Morgan fingerprint density at radius 3 is 3.14 bits per heavy atom. The summed E-state index contributed by atoms with van der Waals surface area (Å²) in [7, 11) is 0. The average molecular weight is 186 g/mol. The molecule has 14 heavy (non-hydrogen) atoms. The number of rotatable bonds is 0. The second-order valence-corrected chi connectivity index (χ2v) is 3.06. The van der Waals surface area contributed by atoms with Gasteiger partial charge in [0.1, 0.15) is 0 Å². The van der Waals surface area contributed by atoms with E-state index in [4.69, 9.17) is 5.73 Å². The predicted octanol–water partition coefficient (Wildman–Crippen LogP) is 0.240. The fourth-order valence-electron chi connectivity index (χ4n) is 1.44. The van der Waals surface area contributed by atoms with Gasteiger partial charge in [-0.25, -0.2) is 0 Å². The Kier molecular flexibility index (Phi) is 2.21. The third-order valence-electron chi connectivity index (χ3n) is 2.13. The highest BCUT2D eigenvalue weighted by Crippen LogP contribution is 2.16. The first-order valence-electron chi connectivity index (χ1n) is 4.41. The molecule has 1 heterocycles. The molecule has 0 fully saturated rings. The molecule has 0 bridgehead atoms. The lowest BCUT2D eigenvalue weighted by Gasteiger charge is -1.95. The first kappa shape index (κ1) is 8.79. The molecule has 0 atom stereocenters. The largest absolute Gasteiger partial charge is 0.348 e. The number of hydrogen-bond acceptors (Lipinski definition) is 2. The Balaban J connectivity index is 2.39. The molecule has 1 aliphatic heterocycles. The molecule has 1 aromatic rings. The normalized spacial score (nSPS) is 12.8. The van der Waals surface area contributed by atoms with Crippen molar-refractivity contribution in [1.82, 2.24) is 5.32 Å². The zero-order valence-electron chi connectivity index (χ0n) is 7.63. The van der Waals surface area contributed by atoms with Crippen molar-refractivity contribution in [2.75, 3.05) is 6.54 Å². The third kappa shape index (κ3) is 1.48. The molecule has 3 nitrogen and oxygen atoms in total. The van der Waals surface area contributed by atoms with Crippen LogP contribution in [0.15, 0.2) is 18.2 Å². The van der Waals surface area contributed by atoms with Crippen molar-refractivity contribution in [1.29, 1.82) is 0 Å². The van der Waals surface area contributed by atoms with E-state index in [1.807, 2.05) is 12.1 Å². The van der Waals surface area contributed by atoms with Gasteiger partial charge < -0.3 is 11.1 Å². The molecule has 0 radical (unpaired) electrons. The standard InChI is InChI=1S/C11H10N2O/c12-5-1-2-8-3-4-9-7-13-11(14)10(9)6-8/h3-4,6H,5,7,12H2,(H,13,14). The predicted molar refractivity (Wildman–Crippen MR) is 53.5 cm³/mol. The zero-order chi connectivity index (χ0) is 9.97. The molecular weight excluding hydrogens is 176 g/mol. The summed E-state index contributed by atoms with van der Waals surface area (Å²) in [6, 6.07) is 5.63. The molecule has 1 aliphatic rings. The summed E-state index contributed by atoms with van der Waals surface area (Å²) < 4.78 is 0. The Morgan fingerprint density at radius 1 is 1.50 bits per heavy atom. The van der Waals surface area contributed by atoms with E-state index < -0.39 is 0 Å². The minimum Gasteiger partial charge on any atom is -0.348 e. The van der Waals surface area contributed by atoms with Crippen molar-refractivity contribution in [2.24, 2.45) is 5.73 Å². The maximum Gasteiger partial charge on any atom is 0.251 e. The van der Waals surface area contributed by atoms with E-state index in [9.17, 15) is 4.79 Å². The summed E-state index contributed by atoms with van der Waals surface area (Å²) >= 11 is 0. The fourth-order valence-corrected chi connectivity index (χ4v) is 1.44. The summed E-state index contributed by atoms with van der Waals surface area (Å²) in [5, 5.41) is 2.76. The van der Waals surface area contributed by atoms with Gasteiger partial charge in [0.25, 0.3) is 5.91 Å². The third-order valence-corrected chi connectivity index (χ3v) is 2.13. The molecule has 2 rings (SSSR count). The van der Waals surface area contributed by atoms with Crippen LogP contribution in [0.2, 0.25) is 0 Å². The summed E-state index contributed by atoms with van der Waals surface area (Å²) in [5.41, 5.74) is 7.87. The molecule has 3 heteroatoms. The van der Waals surface area contributed by atoms with Crippen molar-refractivity contribution in [3.8, 4) is 11.8 Å². The van der Waals surface area contributed by atoms with Gasteiger partial charge in [-0.05, 0) is 17.7 Å². The van der Waals surface area contributed by atoms with Crippen molar-refractivity contribution >= 4 is 5.91 Å². The second kappa shape index (κ2) is 3.52. The van der Waals surface area contributed by atoms with Gasteiger partial charge in [-0.2, -0.15) is 0 Å². The van der Waals surface area contributed by atoms with Crippen molar-refractivity contribution < 1.29 is 4.79 Å². The Bertz CT molecular complexity index is 440. The van der Waals surface area contributed by atoms with E-state index in [0.717, 1.165) is 16.7 Å². The summed E-state index contributed by atoms with van der Waals surface area (Å²) in [6.45, 7) is 0.960. The van der Waals surface area contributed by atoms with E-state index in [2.05, 4.69) is 17.2 Å². The van der Waals surface area contributed by atoms with E-state index >= 15 is 0 Å². The summed E-state index contributed by atoms with van der Waals surface area (Å²) in [5.74, 6) is 5.64. The van der Waals surface area contributed by atoms with Gasteiger partial charge in [-0.1, -0.05) is 17.9 Å². The van der Waals surface area contributed by atoms with Crippen LogP contribution in [0.25, 0.3) is 0 Å². The van der Waals surface area contributed by atoms with Crippen LogP contribution in [0.5, 0.6) is 0 Å². The highest BCUT2D eigenvalue weighted by atomic mass is 16.1. The van der Waals surface area contributed by atoms with Gasteiger partial charge in [0, 0.05) is 17.7 Å². The quantitative estimate of drug-likeness (QED) is 0.570. The van der Waals surface area contributed by atoms with E-state index in [1.165, 1.54) is 0 Å². The van der Waals surface area contributed by atoms with Crippen molar-refractivity contribution in [3.05, 3.63) is 34.9 Å². The number of nitrogens with one attached hydrogen (secondary N) is 1. The van der Waals surface area contributed by atoms with Crippen LogP contribution in [0.1, 0.15) is 21.5 Å². The van der Waals surface area contributed by atoms with E-state index in [1.54, 1.807) is 6.07 Å². The maximum absolute atomic E-state index is 11.3.